The lowest BCUT2D eigenvalue weighted by atomic mass is 10.1. The van der Waals surface area contributed by atoms with E-state index in [1.807, 2.05) is 75.7 Å². The summed E-state index contributed by atoms with van der Waals surface area (Å²) in [6.07, 6.45) is -0.347. The van der Waals surface area contributed by atoms with Crippen LogP contribution in [0.3, 0.4) is 0 Å². The summed E-state index contributed by atoms with van der Waals surface area (Å²) in [5.41, 5.74) is 4.02. The number of benzene rings is 2. The Kier molecular flexibility index (Phi) is 7.05. The van der Waals surface area contributed by atoms with Crippen LogP contribution in [0.4, 0.5) is 5.69 Å². The third-order valence-corrected chi connectivity index (χ3v) is 5.95. The van der Waals surface area contributed by atoms with Crippen molar-refractivity contribution in [2.45, 2.75) is 39.0 Å². The van der Waals surface area contributed by atoms with E-state index in [4.69, 9.17) is 16.3 Å². The zero-order valence-electron chi connectivity index (χ0n) is 17.7. The molecule has 0 radical (unpaired) electrons. The second-order valence-electron chi connectivity index (χ2n) is 7.25. The van der Waals surface area contributed by atoms with Gasteiger partial charge in [0.15, 0.2) is 17.1 Å². The van der Waals surface area contributed by atoms with Crippen molar-refractivity contribution >= 4 is 35.0 Å². The van der Waals surface area contributed by atoms with Gasteiger partial charge in [-0.25, -0.2) is 0 Å². The predicted octanol–water partition coefficient (Wildman–Crippen LogP) is 5.26. The van der Waals surface area contributed by atoms with Gasteiger partial charge in [0, 0.05) is 12.7 Å². The van der Waals surface area contributed by atoms with Gasteiger partial charge in [0.1, 0.15) is 5.75 Å². The monoisotopic (exact) mass is 444 g/mol. The highest BCUT2D eigenvalue weighted by Gasteiger charge is 2.19. The maximum Gasteiger partial charge on any atom is 0.234 e. The van der Waals surface area contributed by atoms with E-state index in [-0.39, 0.29) is 17.8 Å². The quantitative estimate of drug-likeness (QED) is 0.503. The van der Waals surface area contributed by atoms with E-state index in [0.29, 0.717) is 21.8 Å². The molecule has 0 aliphatic rings. The smallest absolute Gasteiger partial charge is 0.234 e. The van der Waals surface area contributed by atoms with Crippen LogP contribution >= 0.6 is 23.4 Å². The first-order chi connectivity index (χ1) is 14.2. The minimum Gasteiger partial charge on any atom is -0.481 e. The van der Waals surface area contributed by atoms with E-state index < -0.39 is 0 Å². The van der Waals surface area contributed by atoms with Gasteiger partial charge in [0.05, 0.1) is 10.8 Å². The second-order valence-corrected chi connectivity index (χ2v) is 8.60. The fraction of sp³-hybridized carbons (Fsp3) is 0.318. The molecule has 30 heavy (non-hydrogen) atoms. The molecule has 2 aromatic carbocycles. The summed E-state index contributed by atoms with van der Waals surface area (Å²) in [5.74, 6) is 1.41. The standard InChI is InChI=1S/C22H25ClN4O2S/c1-13-6-8-15(3)18(10-13)24-20(28)12-30-22-26-25-21(27(22)5)16(4)29-19-11-14(2)7-9-17(19)23/h6-11,16H,12H2,1-5H3,(H,24,28). The number of rotatable bonds is 7. The van der Waals surface area contributed by atoms with Gasteiger partial charge in [-0.3, -0.25) is 4.79 Å². The van der Waals surface area contributed by atoms with E-state index in [1.54, 1.807) is 0 Å². The van der Waals surface area contributed by atoms with Crippen molar-refractivity contribution in [3.63, 3.8) is 0 Å². The molecule has 158 valence electrons. The molecule has 1 aromatic heterocycles. The number of amides is 1. The number of halogens is 1. The fourth-order valence-electron chi connectivity index (χ4n) is 2.94. The lowest BCUT2D eigenvalue weighted by molar-refractivity contribution is -0.113. The number of ether oxygens (including phenoxy) is 1. The highest BCUT2D eigenvalue weighted by Crippen LogP contribution is 2.30. The summed E-state index contributed by atoms with van der Waals surface area (Å²) < 4.78 is 7.83. The van der Waals surface area contributed by atoms with Crippen molar-refractivity contribution in [1.82, 2.24) is 14.8 Å². The van der Waals surface area contributed by atoms with Crippen molar-refractivity contribution in [3.8, 4) is 5.75 Å². The van der Waals surface area contributed by atoms with E-state index in [1.165, 1.54) is 11.8 Å². The van der Waals surface area contributed by atoms with Gasteiger partial charge in [0.25, 0.3) is 0 Å². The molecule has 0 bridgehead atoms. The van der Waals surface area contributed by atoms with Crippen molar-refractivity contribution in [2.24, 2.45) is 7.05 Å². The average molecular weight is 445 g/mol. The van der Waals surface area contributed by atoms with Crippen molar-refractivity contribution in [2.75, 3.05) is 11.1 Å². The van der Waals surface area contributed by atoms with Gasteiger partial charge < -0.3 is 14.6 Å². The van der Waals surface area contributed by atoms with Crippen LogP contribution in [-0.4, -0.2) is 26.4 Å². The van der Waals surface area contributed by atoms with E-state index >= 15 is 0 Å². The van der Waals surface area contributed by atoms with Crippen LogP contribution in [-0.2, 0) is 11.8 Å². The SMILES string of the molecule is Cc1ccc(C)c(NC(=O)CSc2nnc(C(C)Oc3cc(C)ccc3Cl)n2C)c1. The first kappa shape index (κ1) is 22.2. The van der Waals surface area contributed by atoms with Gasteiger partial charge >= 0.3 is 0 Å². The number of hydrogen-bond acceptors (Lipinski definition) is 5. The van der Waals surface area contributed by atoms with Crippen LogP contribution in [0, 0.1) is 20.8 Å². The Morgan fingerprint density at radius 2 is 1.87 bits per heavy atom. The molecule has 1 amide bonds. The topological polar surface area (TPSA) is 69.0 Å². The maximum atomic E-state index is 12.4. The minimum absolute atomic E-state index is 0.0888. The van der Waals surface area contributed by atoms with E-state index in [9.17, 15) is 4.79 Å². The molecule has 0 fully saturated rings. The predicted molar refractivity (Wildman–Crippen MR) is 122 cm³/mol. The minimum atomic E-state index is -0.347. The van der Waals surface area contributed by atoms with Crippen LogP contribution < -0.4 is 10.1 Å². The summed E-state index contributed by atoms with van der Waals surface area (Å²) in [7, 11) is 1.86. The molecule has 1 N–H and O–H groups in total. The molecule has 0 aliphatic carbocycles. The molecule has 3 rings (SSSR count). The van der Waals surface area contributed by atoms with Crippen LogP contribution in [0.2, 0.25) is 5.02 Å². The molecule has 6 nitrogen and oxygen atoms in total. The summed E-state index contributed by atoms with van der Waals surface area (Å²) in [6, 6.07) is 11.6. The number of carbonyl (C=O) groups excluding carboxylic acids is 1. The number of anilines is 1. The molecule has 1 heterocycles. The molecular weight excluding hydrogens is 420 g/mol. The third kappa shape index (κ3) is 5.34. The summed E-state index contributed by atoms with van der Waals surface area (Å²) in [5, 5.41) is 12.6. The normalized spacial score (nSPS) is 11.9. The molecule has 8 heteroatoms. The molecule has 0 saturated carbocycles. The Balaban J connectivity index is 1.62. The van der Waals surface area contributed by atoms with Gasteiger partial charge in [-0.05, 0) is 62.6 Å². The average Bonchev–Trinajstić information content (AvgIpc) is 3.06. The Bertz CT molecular complexity index is 1070. The number of nitrogens with zero attached hydrogens (tertiary/aromatic N) is 3. The molecule has 0 aliphatic heterocycles. The zero-order chi connectivity index (χ0) is 21.8. The zero-order valence-corrected chi connectivity index (χ0v) is 19.3. The van der Waals surface area contributed by atoms with Gasteiger partial charge in [-0.2, -0.15) is 0 Å². The summed E-state index contributed by atoms with van der Waals surface area (Å²) in [4.78, 5) is 12.4. The number of aromatic nitrogens is 3. The fourth-order valence-corrected chi connectivity index (χ4v) is 3.82. The number of hydrogen-bond donors (Lipinski definition) is 1. The Morgan fingerprint density at radius 1 is 1.17 bits per heavy atom. The summed E-state index contributed by atoms with van der Waals surface area (Å²) >= 11 is 7.56. The number of thioether (sulfide) groups is 1. The second kappa shape index (κ2) is 9.53. The van der Waals surface area contributed by atoms with Gasteiger partial charge in [-0.15, -0.1) is 10.2 Å². The lowest BCUT2D eigenvalue weighted by Crippen LogP contribution is -2.15. The summed E-state index contributed by atoms with van der Waals surface area (Å²) in [6.45, 7) is 7.84. The van der Waals surface area contributed by atoms with Crippen LogP contribution in [0.25, 0.3) is 0 Å². The van der Waals surface area contributed by atoms with E-state index in [2.05, 4.69) is 15.5 Å². The van der Waals surface area contributed by atoms with Crippen LogP contribution in [0.1, 0.15) is 35.5 Å². The van der Waals surface area contributed by atoms with Gasteiger partial charge in [-0.1, -0.05) is 41.6 Å². The molecule has 3 aromatic rings. The molecular formula is C22H25ClN4O2S. The number of aryl methyl sites for hydroxylation is 3. The first-order valence-electron chi connectivity index (χ1n) is 9.56. The van der Waals surface area contributed by atoms with Crippen LogP contribution in [0.15, 0.2) is 41.6 Å². The Morgan fingerprint density at radius 3 is 2.63 bits per heavy atom. The molecule has 0 spiro atoms. The number of nitrogens with one attached hydrogen (secondary N) is 1. The third-order valence-electron chi connectivity index (χ3n) is 4.62. The van der Waals surface area contributed by atoms with Gasteiger partial charge in [0.2, 0.25) is 5.91 Å². The Hall–Kier alpha value is -2.51. The highest BCUT2D eigenvalue weighted by atomic mass is 35.5. The molecule has 1 atom stereocenters. The lowest BCUT2D eigenvalue weighted by Gasteiger charge is -2.15. The van der Waals surface area contributed by atoms with Crippen molar-refractivity contribution < 1.29 is 9.53 Å². The maximum absolute atomic E-state index is 12.4. The van der Waals surface area contributed by atoms with Crippen molar-refractivity contribution in [1.29, 1.82) is 0 Å². The highest BCUT2D eigenvalue weighted by molar-refractivity contribution is 7.99. The van der Waals surface area contributed by atoms with Crippen LogP contribution in [0.5, 0.6) is 5.75 Å². The largest absolute Gasteiger partial charge is 0.481 e. The first-order valence-corrected chi connectivity index (χ1v) is 10.9. The molecule has 1 unspecified atom stereocenters. The Labute approximate surface area is 186 Å². The molecule has 0 saturated heterocycles. The van der Waals surface area contributed by atoms with Crippen molar-refractivity contribution in [3.05, 3.63) is 63.9 Å². The number of carbonyl (C=O) groups is 1. The van der Waals surface area contributed by atoms with E-state index in [0.717, 1.165) is 22.4 Å².